The van der Waals surface area contributed by atoms with E-state index in [2.05, 4.69) is 27.9 Å². The number of urea groups is 1. The average Bonchev–Trinajstić information content (AvgIpc) is 3.44. The molecule has 1 fully saturated rings. The third kappa shape index (κ3) is 6.84. The third-order valence-corrected chi connectivity index (χ3v) is 7.79. The Morgan fingerprint density at radius 1 is 1.15 bits per heavy atom. The van der Waals surface area contributed by atoms with Crippen LogP contribution in [-0.4, -0.2) is 44.6 Å². The number of benzene rings is 1. The summed E-state index contributed by atoms with van der Waals surface area (Å²) in [5.41, 5.74) is 1.80. The van der Waals surface area contributed by atoms with E-state index in [4.69, 9.17) is 4.42 Å². The van der Waals surface area contributed by atoms with Crippen LogP contribution in [0.5, 0.6) is 0 Å². The zero-order chi connectivity index (χ0) is 29.0. The maximum Gasteiger partial charge on any atom is 0.358 e. The molecular formula is C30H41N5O5. The first-order valence-electron chi connectivity index (χ1n) is 14.1. The van der Waals surface area contributed by atoms with Crippen molar-refractivity contribution in [2.45, 2.75) is 84.3 Å². The van der Waals surface area contributed by atoms with Crippen LogP contribution >= 0.6 is 0 Å². The van der Waals surface area contributed by atoms with Gasteiger partial charge in [0.05, 0.1) is 0 Å². The number of carboxylic acids is 1. The molecule has 2 heterocycles. The van der Waals surface area contributed by atoms with Crippen molar-refractivity contribution >= 4 is 28.8 Å². The van der Waals surface area contributed by atoms with Crippen molar-refractivity contribution in [3.05, 3.63) is 53.4 Å². The summed E-state index contributed by atoms with van der Waals surface area (Å²) in [6, 6.07) is 6.12. The minimum absolute atomic E-state index is 0.0837. The first-order chi connectivity index (χ1) is 19.0. The number of aromatic carboxylic acids is 1. The molecule has 1 aliphatic rings. The van der Waals surface area contributed by atoms with Crippen molar-refractivity contribution in [1.29, 1.82) is 0 Å². The molecule has 40 heavy (non-hydrogen) atoms. The van der Waals surface area contributed by atoms with E-state index in [1.807, 2.05) is 55.9 Å². The van der Waals surface area contributed by atoms with Crippen LogP contribution in [0.1, 0.15) is 86.6 Å². The second-order valence-corrected chi connectivity index (χ2v) is 11.5. The lowest BCUT2D eigenvalue weighted by atomic mass is 9.86. The van der Waals surface area contributed by atoms with Gasteiger partial charge >= 0.3 is 12.0 Å². The van der Waals surface area contributed by atoms with Crippen LogP contribution in [-0.2, 0) is 18.3 Å². The number of nitrogens with zero attached hydrogens (tertiary/aromatic N) is 2. The van der Waals surface area contributed by atoms with Gasteiger partial charge in [0.15, 0.2) is 5.69 Å². The Balaban J connectivity index is 1.58. The zero-order valence-electron chi connectivity index (χ0n) is 24.0. The van der Waals surface area contributed by atoms with Gasteiger partial charge in [-0.15, -0.1) is 0 Å². The Labute approximate surface area is 234 Å². The average molecular weight is 552 g/mol. The van der Waals surface area contributed by atoms with E-state index >= 15 is 0 Å². The summed E-state index contributed by atoms with van der Waals surface area (Å²) < 4.78 is 7.78. The molecule has 4 rings (SSSR count). The summed E-state index contributed by atoms with van der Waals surface area (Å²) in [6.07, 6.45) is 7.00. The SMILES string of the molecule is Cc1oc([C@@H](Cc2cn(C)c3ccccc23)NC(=O)[C@H](CC(C)C)NC(=O)N[C@H]2CCCCC2C)nc1C(=O)O. The number of para-hydroxylation sites is 1. The molecule has 10 heteroatoms. The van der Waals surface area contributed by atoms with Gasteiger partial charge in [-0.1, -0.05) is 51.8 Å². The molecule has 0 radical (unpaired) electrons. The highest BCUT2D eigenvalue weighted by Crippen LogP contribution is 2.27. The fourth-order valence-corrected chi connectivity index (χ4v) is 5.65. The van der Waals surface area contributed by atoms with Gasteiger partial charge in [-0.3, -0.25) is 4.79 Å². The number of carboxylic acid groups (broad SMARTS) is 1. The third-order valence-electron chi connectivity index (χ3n) is 7.79. The van der Waals surface area contributed by atoms with Crippen LogP contribution < -0.4 is 16.0 Å². The summed E-state index contributed by atoms with van der Waals surface area (Å²) >= 11 is 0. The van der Waals surface area contributed by atoms with E-state index in [1.165, 1.54) is 13.3 Å². The number of fused-ring (bicyclic) bond motifs is 1. The fraction of sp³-hybridized carbons (Fsp3) is 0.533. The van der Waals surface area contributed by atoms with Crippen LogP contribution in [0.3, 0.4) is 0 Å². The molecule has 3 amide bonds. The monoisotopic (exact) mass is 551 g/mol. The van der Waals surface area contributed by atoms with Crippen molar-refractivity contribution in [1.82, 2.24) is 25.5 Å². The molecule has 1 aromatic carbocycles. The largest absolute Gasteiger partial charge is 0.476 e. The number of rotatable bonds is 10. The summed E-state index contributed by atoms with van der Waals surface area (Å²) in [5.74, 6) is -0.769. The van der Waals surface area contributed by atoms with E-state index in [1.54, 1.807) is 0 Å². The molecule has 0 saturated heterocycles. The fourth-order valence-electron chi connectivity index (χ4n) is 5.65. The van der Waals surface area contributed by atoms with E-state index in [9.17, 15) is 19.5 Å². The molecule has 0 aliphatic heterocycles. The molecular weight excluding hydrogens is 510 g/mol. The zero-order valence-corrected chi connectivity index (χ0v) is 24.0. The lowest BCUT2D eigenvalue weighted by molar-refractivity contribution is -0.124. The highest BCUT2D eigenvalue weighted by molar-refractivity contribution is 5.88. The van der Waals surface area contributed by atoms with E-state index in [0.717, 1.165) is 35.7 Å². The summed E-state index contributed by atoms with van der Waals surface area (Å²) in [5, 5.41) is 19.5. The minimum Gasteiger partial charge on any atom is -0.476 e. The van der Waals surface area contributed by atoms with Crippen molar-refractivity contribution in [3.63, 3.8) is 0 Å². The molecule has 1 saturated carbocycles. The van der Waals surface area contributed by atoms with Gasteiger partial charge in [0.2, 0.25) is 11.8 Å². The quantitative estimate of drug-likeness (QED) is 0.284. The molecule has 2 aromatic heterocycles. The number of carbonyl (C=O) groups is 3. The predicted octanol–water partition coefficient (Wildman–Crippen LogP) is 4.87. The maximum atomic E-state index is 13.7. The molecule has 0 spiro atoms. The van der Waals surface area contributed by atoms with Crippen molar-refractivity contribution in [2.24, 2.45) is 18.9 Å². The molecule has 3 aromatic rings. The summed E-state index contributed by atoms with van der Waals surface area (Å²) in [6.45, 7) is 7.67. The van der Waals surface area contributed by atoms with Gasteiger partial charge in [-0.25, -0.2) is 14.6 Å². The first-order valence-corrected chi connectivity index (χ1v) is 14.1. The van der Waals surface area contributed by atoms with Gasteiger partial charge < -0.3 is 30.0 Å². The van der Waals surface area contributed by atoms with Gasteiger partial charge in [-0.2, -0.15) is 0 Å². The van der Waals surface area contributed by atoms with Crippen LogP contribution in [0.15, 0.2) is 34.9 Å². The van der Waals surface area contributed by atoms with Crippen LogP contribution in [0, 0.1) is 18.8 Å². The topological polar surface area (TPSA) is 138 Å². The molecule has 4 atom stereocenters. The van der Waals surface area contributed by atoms with Crippen molar-refractivity contribution in [3.8, 4) is 0 Å². The maximum absolute atomic E-state index is 13.7. The Hall–Kier alpha value is -3.82. The Kier molecular flexibility index (Phi) is 9.17. The Bertz CT molecular complexity index is 1360. The lowest BCUT2D eigenvalue weighted by Gasteiger charge is -2.30. The van der Waals surface area contributed by atoms with Gasteiger partial charge in [0.25, 0.3) is 0 Å². The van der Waals surface area contributed by atoms with Crippen molar-refractivity contribution < 1.29 is 23.9 Å². The van der Waals surface area contributed by atoms with Gasteiger partial charge in [-0.05, 0) is 49.7 Å². The van der Waals surface area contributed by atoms with Gasteiger partial charge in [0, 0.05) is 36.6 Å². The summed E-state index contributed by atoms with van der Waals surface area (Å²) in [4.78, 5) is 42.6. The van der Waals surface area contributed by atoms with E-state index in [-0.39, 0.29) is 41.2 Å². The van der Waals surface area contributed by atoms with Gasteiger partial charge in [0.1, 0.15) is 17.8 Å². The summed E-state index contributed by atoms with van der Waals surface area (Å²) in [7, 11) is 1.95. The minimum atomic E-state index is -1.20. The standard InChI is InChI=1S/C30H41N5O5/c1-17(2)14-23(33-30(39)32-22-12-8-6-10-18(22)3)27(36)31-24(28-34-26(29(37)38)19(4)40-28)15-20-16-35(5)25-13-9-7-11-21(20)25/h7,9,11,13,16-18,22-24H,6,8,10,12,14-15H2,1-5H3,(H,31,36)(H,37,38)(H2,32,33,39)/t18?,22-,23-,24+/m0/s1. The number of hydrogen-bond donors (Lipinski definition) is 4. The number of hydrogen-bond acceptors (Lipinski definition) is 5. The van der Waals surface area contributed by atoms with Crippen molar-refractivity contribution in [2.75, 3.05) is 0 Å². The molecule has 1 aliphatic carbocycles. The van der Waals surface area contributed by atoms with Crippen LogP contribution in [0.2, 0.25) is 0 Å². The number of nitrogens with one attached hydrogen (secondary N) is 3. The highest BCUT2D eigenvalue weighted by atomic mass is 16.4. The predicted molar refractivity (Wildman–Crippen MR) is 152 cm³/mol. The molecule has 1 unspecified atom stereocenters. The molecule has 0 bridgehead atoms. The number of amides is 3. The highest BCUT2D eigenvalue weighted by Gasteiger charge is 2.31. The number of aromatic nitrogens is 2. The first kappa shape index (κ1) is 29.2. The normalized spacial score (nSPS) is 18.9. The Morgan fingerprint density at radius 2 is 1.88 bits per heavy atom. The number of aryl methyl sites for hydroxylation is 2. The lowest BCUT2D eigenvalue weighted by Crippen LogP contribution is -2.54. The number of oxazole rings is 1. The molecule has 10 nitrogen and oxygen atoms in total. The van der Waals surface area contributed by atoms with Crippen LogP contribution in [0.25, 0.3) is 10.9 Å². The van der Waals surface area contributed by atoms with Crippen LogP contribution in [0.4, 0.5) is 4.79 Å². The number of carbonyl (C=O) groups excluding carboxylic acids is 2. The second kappa shape index (κ2) is 12.6. The smallest absolute Gasteiger partial charge is 0.358 e. The molecule has 216 valence electrons. The Morgan fingerprint density at radius 3 is 2.55 bits per heavy atom. The molecule has 4 N–H and O–H groups in total. The second-order valence-electron chi connectivity index (χ2n) is 11.5. The van der Waals surface area contributed by atoms with E-state index < -0.39 is 18.1 Å². The van der Waals surface area contributed by atoms with E-state index in [0.29, 0.717) is 18.8 Å².